The lowest BCUT2D eigenvalue weighted by Gasteiger charge is -2.50. The second kappa shape index (κ2) is 19.5. The highest BCUT2D eigenvalue weighted by atomic mass is 32.2. The van der Waals surface area contributed by atoms with E-state index in [0.29, 0.717) is 28.3 Å². The molecule has 1 aliphatic heterocycles. The number of H-pyrrole nitrogens is 1. The quantitative estimate of drug-likeness (QED) is 0.0966. The van der Waals surface area contributed by atoms with Gasteiger partial charge in [-0.25, -0.2) is 18.2 Å². The highest BCUT2D eigenvalue weighted by molar-refractivity contribution is 7.92. The third-order valence-corrected chi connectivity index (χ3v) is 12.9. The van der Waals surface area contributed by atoms with Gasteiger partial charge in [-0.05, 0) is 71.1 Å². The predicted molar refractivity (Wildman–Crippen MR) is 268 cm³/mol. The standard InChI is InChI=1S/C53H64N6O8S/c1-30-27-36(51(3,4)5)44(37(28-30)52(6,7)8)67-49(63)43-41(33-21-17-14-18-22-33)39(56-46(43)57-47(61)34-23-25-35(26-24-34)59-68(12,65)66)29-38-40(32-19-15-13-16-20-32)42(48(62)54-31(2)60)45(55-38)58-50(64)53(9,10)11/h13-26,29-30,36-37,44,56,59H,27-28H2,1-12H3,(H,57,61)(H,54,60,62)(H,55,58,64)/b38-29-. The van der Waals surface area contributed by atoms with E-state index in [2.05, 4.69) is 74.1 Å². The summed E-state index contributed by atoms with van der Waals surface area (Å²) < 4.78 is 33.1. The van der Waals surface area contributed by atoms with E-state index in [9.17, 15) is 27.6 Å². The number of carbonyl (C=O) groups is 5. The Morgan fingerprint density at radius 3 is 1.79 bits per heavy atom. The molecular weight excluding hydrogens is 881 g/mol. The van der Waals surface area contributed by atoms with Crippen LogP contribution in [0.5, 0.6) is 0 Å². The van der Waals surface area contributed by atoms with Crippen LogP contribution in [-0.2, 0) is 29.1 Å². The minimum Gasteiger partial charge on any atom is -0.458 e. The lowest BCUT2D eigenvalue weighted by Crippen LogP contribution is -2.49. The van der Waals surface area contributed by atoms with Crippen LogP contribution >= 0.6 is 0 Å². The largest absolute Gasteiger partial charge is 0.458 e. The van der Waals surface area contributed by atoms with Crippen molar-refractivity contribution in [2.45, 2.75) is 95.1 Å². The highest BCUT2D eigenvalue weighted by Gasteiger charge is 2.48. The summed E-state index contributed by atoms with van der Waals surface area (Å²) in [5, 5.41) is 8.11. The number of allylic oxidation sites excluding steroid dienone is 1. The Balaban J connectivity index is 1.63. The van der Waals surface area contributed by atoms with Gasteiger partial charge >= 0.3 is 5.97 Å². The van der Waals surface area contributed by atoms with Gasteiger partial charge in [0, 0.05) is 46.6 Å². The maximum Gasteiger partial charge on any atom is 0.342 e. The van der Waals surface area contributed by atoms with Crippen molar-refractivity contribution in [3.8, 4) is 11.1 Å². The maximum absolute atomic E-state index is 15.4. The summed E-state index contributed by atoms with van der Waals surface area (Å²) in [7, 11) is -3.59. The van der Waals surface area contributed by atoms with Gasteiger partial charge in [0.25, 0.3) is 11.8 Å². The molecule has 5 N–H and O–H groups in total. The van der Waals surface area contributed by atoms with Crippen molar-refractivity contribution >= 4 is 68.6 Å². The number of nitrogens with one attached hydrogen (secondary N) is 5. The Bertz CT molecular complexity index is 2780. The van der Waals surface area contributed by atoms with Crippen LogP contribution in [0.3, 0.4) is 0 Å². The molecule has 2 aliphatic rings. The van der Waals surface area contributed by atoms with Gasteiger partial charge in [-0.1, -0.05) is 130 Å². The van der Waals surface area contributed by atoms with Crippen molar-refractivity contribution in [3.05, 3.63) is 119 Å². The number of anilines is 2. The molecule has 1 saturated carbocycles. The first-order valence-corrected chi connectivity index (χ1v) is 24.7. The van der Waals surface area contributed by atoms with Crippen molar-refractivity contribution in [1.82, 2.24) is 15.6 Å². The number of esters is 1. The van der Waals surface area contributed by atoms with Gasteiger partial charge in [0.05, 0.1) is 23.2 Å². The fourth-order valence-corrected chi connectivity index (χ4v) is 9.48. The number of carbonyl (C=O) groups excluding carboxylic acids is 5. The van der Waals surface area contributed by atoms with Gasteiger partial charge in [-0.2, -0.15) is 0 Å². The Hall–Kier alpha value is -6.61. The lowest BCUT2D eigenvalue weighted by molar-refractivity contribution is -0.127. The summed E-state index contributed by atoms with van der Waals surface area (Å²) >= 11 is 0. The number of imide groups is 1. The molecule has 1 fully saturated rings. The molecular formula is C53H64N6O8S. The van der Waals surface area contributed by atoms with E-state index in [4.69, 9.17) is 9.73 Å². The van der Waals surface area contributed by atoms with E-state index in [0.717, 1.165) is 19.1 Å². The minimum absolute atomic E-state index is 0.00933. The Kier molecular flexibility index (Phi) is 14.6. The van der Waals surface area contributed by atoms with Crippen LogP contribution in [0, 0.1) is 34.0 Å². The molecule has 15 heteroatoms. The molecule has 0 radical (unpaired) electrons. The second-order valence-corrected chi connectivity index (χ2v) is 22.9. The number of aliphatic imine (C=N–C) groups is 1. The number of amidine groups is 1. The van der Waals surface area contributed by atoms with Crippen molar-refractivity contribution in [2.24, 2.45) is 39.0 Å². The maximum atomic E-state index is 15.4. The second-order valence-electron chi connectivity index (χ2n) is 21.1. The third kappa shape index (κ3) is 11.9. The molecule has 6 rings (SSSR count). The molecule has 2 atom stereocenters. The smallest absolute Gasteiger partial charge is 0.342 e. The van der Waals surface area contributed by atoms with E-state index < -0.39 is 51.1 Å². The van der Waals surface area contributed by atoms with Gasteiger partial charge in [-0.15, -0.1) is 0 Å². The molecule has 0 spiro atoms. The van der Waals surface area contributed by atoms with Gasteiger partial charge < -0.3 is 20.4 Å². The van der Waals surface area contributed by atoms with E-state index in [1.807, 2.05) is 36.4 Å². The molecule has 2 heterocycles. The molecule has 2 unspecified atom stereocenters. The molecule has 4 aromatic rings. The van der Waals surface area contributed by atoms with E-state index in [1.165, 1.54) is 31.2 Å². The van der Waals surface area contributed by atoms with Crippen molar-refractivity contribution in [1.29, 1.82) is 0 Å². The normalized spacial score (nSPS) is 19.5. The van der Waals surface area contributed by atoms with Crippen LogP contribution in [0.15, 0.2) is 101 Å². The van der Waals surface area contributed by atoms with Gasteiger partial charge in [-0.3, -0.25) is 29.2 Å². The number of sulfonamides is 1. The molecule has 68 heavy (non-hydrogen) atoms. The van der Waals surface area contributed by atoms with Crippen LogP contribution in [0.25, 0.3) is 22.8 Å². The monoisotopic (exact) mass is 944 g/mol. The Labute approximate surface area is 400 Å². The van der Waals surface area contributed by atoms with Crippen LogP contribution in [0.4, 0.5) is 11.5 Å². The molecule has 1 aromatic heterocycles. The average molecular weight is 945 g/mol. The average Bonchev–Trinajstić information content (AvgIpc) is 3.77. The number of aromatic amines is 1. The van der Waals surface area contributed by atoms with Crippen LogP contribution in [0.1, 0.15) is 121 Å². The summed E-state index contributed by atoms with van der Waals surface area (Å²) in [6, 6.07) is 23.9. The third-order valence-electron chi connectivity index (χ3n) is 12.3. The first-order valence-electron chi connectivity index (χ1n) is 22.8. The summed E-state index contributed by atoms with van der Waals surface area (Å²) in [5.74, 6) is -2.85. The summed E-state index contributed by atoms with van der Waals surface area (Å²) in [5.41, 5.74) is 1.29. The lowest BCUT2D eigenvalue weighted by atomic mass is 9.59. The number of rotatable bonds is 10. The first kappa shape index (κ1) is 50.8. The number of hydrogen-bond acceptors (Lipinski definition) is 9. The van der Waals surface area contributed by atoms with Crippen molar-refractivity contribution in [2.75, 3.05) is 16.3 Å². The van der Waals surface area contributed by atoms with E-state index in [-0.39, 0.29) is 68.0 Å². The summed E-state index contributed by atoms with van der Waals surface area (Å²) in [6.45, 7) is 21.6. The fourth-order valence-electron chi connectivity index (χ4n) is 8.92. The number of ether oxygens (including phenoxy) is 1. The van der Waals surface area contributed by atoms with Crippen LogP contribution in [0.2, 0.25) is 0 Å². The molecule has 4 amide bonds. The topological polar surface area (TPSA) is 205 Å². The van der Waals surface area contributed by atoms with Gasteiger partial charge in [0.2, 0.25) is 21.8 Å². The number of aromatic nitrogens is 1. The number of benzene rings is 3. The van der Waals surface area contributed by atoms with Crippen molar-refractivity contribution < 1.29 is 37.1 Å². The first-order chi connectivity index (χ1) is 31.6. The minimum atomic E-state index is -3.59. The molecule has 14 nitrogen and oxygen atoms in total. The molecule has 360 valence electrons. The zero-order valence-corrected chi connectivity index (χ0v) is 41.8. The highest BCUT2D eigenvalue weighted by Crippen LogP contribution is 2.50. The molecule has 3 aromatic carbocycles. The summed E-state index contributed by atoms with van der Waals surface area (Å²) in [6.07, 6.45) is 3.85. The fraction of sp³-hybridized carbons (Fsp3) is 0.396. The van der Waals surface area contributed by atoms with Gasteiger partial charge in [0.15, 0.2) is 0 Å². The van der Waals surface area contributed by atoms with E-state index in [1.54, 1.807) is 51.1 Å². The Morgan fingerprint density at radius 1 is 0.750 bits per heavy atom. The summed E-state index contributed by atoms with van der Waals surface area (Å²) in [4.78, 5) is 77.9. The van der Waals surface area contributed by atoms with E-state index >= 15 is 4.79 Å². The number of amides is 4. The molecule has 0 bridgehead atoms. The number of nitrogens with zero attached hydrogens (tertiary/aromatic N) is 1. The predicted octanol–water partition coefficient (Wildman–Crippen LogP) is 9.62. The van der Waals surface area contributed by atoms with Gasteiger partial charge in [0.1, 0.15) is 23.3 Å². The molecule has 0 saturated heterocycles. The SMILES string of the molecule is CC(=O)NC(=O)C1=C(c2ccccc2)/C(=C/c2[nH]c(NC(=O)c3ccc(NS(C)(=O)=O)cc3)c(C(=O)OC3C(C(C)(C)C)CC(C)CC3C(C)(C)C)c2-c2ccccc2)N=C1NC(=O)C(C)(C)C. The van der Waals surface area contributed by atoms with Crippen LogP contribution < -0.4 is 20.7 Å². The van der Waals surface area contributed by atoms with Crippen molar-refractivity contribution in [3.63, 3.8) is 0 Å². The zero-order chi connectivity index (χ0) is 50.1. The molecule has 1 aliphatic carbocycles. The Morgan fingerprint density at radius 2 is 1.29 bits per heavy atom. The zero-order valence-electron chi connectivity index (χ0n) is 41.0. The number of hydrogen-bond donors (Lipinski definition) is 5. The van der Waals surface area contributed by atoms with Crippen LogP contribution in [-0.4, -0.2) is 61.2 Å².